The molecule has 0 saturated heterocycles. The zero-order valence-electron chi connectivity index (χ0n) is 17.5. The maximum absolute atomic E-state index is 11.4. The predicted molar refractivity (Wildman–Crippen MR) is 120 cm³/mol. The molecule has 4 rings (SSSR count). The van der Waals surface area contributed by atoms with Gasteiger partial charge in [-0.2, -0.15) is 0 Å². The van der Waals surface area contributed by atoms with E-state index in [2.05, 4.69) is 83.7 Å². The lowest BCUT2D eigenvalue weighted by Crippen LogP contribution is -2.24. The third kappa shape index (κ3) is 3.74. The van der Waals surface area contributed by atoms with Gasteiger partial charge in [-0.25, -0.2) is 4.79 Å². The van der Waals surface area contributed by atoms with Crippen LogP contribution in [0.4, 0.5) is 11.4 Å². The summed E-state index contributed by atoms with van der Waals surface area (Å²) < 4.78 is 0. The van der Waals surface area contributed by atoms with Crippen molar-refractivity contribution in [2.45, 2.75) is 12.6 Å². The molecule has 2 aromatic carbocycles. The third-order valence-electron chi connectivity index (χ3n) is 5.69. The van der Waals surface area contributed by atoms with Crippen LogP contribution in [0.3, 0.4) is 0 Å². The van der Waals surface area contributed by atoms with Crippen LogP contribution in [0.15, 0.2) is 60.9 Å². The molecule has 30 heavy (non-hydrogen) atoms. The van der Waals surface area contributed by atoms with Crippen LogP contribution in [-0.4, -0.2) is 48.6 Å². The van der Waals surface area contributed by atoms with Crippen molar-refractivity contribution in [1.29, 1.82) is 0 Å². The van der Waals surface area contributed by atoms with Crippen molar-refractivity contribution < 1.29 is 9.90 Å². The van der Waals surface area contributed by atoms with Crippen molar-refractivity contribution in [3.63, 3.8) is 0 Å². The Hall–Kier alpha value is -3.38. The number of benzene rings is 2. The number of carbonyl (C=O) groups is 1. The van der Waals surface area contributed by atoms with E-state index in [0.29, 0.717) is 12.2 Å². The van der Waals surface area contributed by atoms with Gasteiger partial charge in [-0.3, -0.25) is 9.88 Å². The van der Waals surface area contributed by atoms with E-state index < -0.39 is 5.97 Å². The topological polar surface area (TPSA) is 68.7 Å². The minimum absolute atomic E-state index is 0.167. The lowest BCUT2D eigenvalue weighted by Gasteiger charge is -2.22. The number of carboxylic acids is 1. The van der Waals surface area contributed by atoms with Gasteiger partial charge in [0.15, 0.2) is 0 Å². The van der Waals surface area contributed by atoms with Crippen molar-refractivity contribution in [3.8, 4) is 11.1 Å². The molecule has 0 saturated carbocycles. The number of hydrogen-bond donors (Lipinski definition) is 2. The minimum atomic E-state index is -0.954. The molecule has 154 valence electrons. The Morgan fingerprint density at radius 1 is 1.23 bits per heavy atom. The number of hydrogen-bond acceptors (Lipinski definition) is 5. The molecule has 6 heteroatoms. The highest BCUT2D eigenvalue weighted by Gasteiger charge is 2.28. The Balaban J connectivity index is 1.59. The molecule has 0 aliphatic carbocycles. The van der Waals surface area contributed by atoms with Crippen LogP contribution in [0.5, 0.6) is 0 Å². The molecular formula is C24H26N4O2. The first kappa shape index (κ1) is 19.9. The quantitative estimate of drug-likeness (QED) is 0.647. The molecule has 1 aliphatic heterocycles. The molecule has 0 amide bonds. The molecule has 2 N–H and O–H groups in total. The fourth-order valence-electron chi connectivity index (χ4n) is 4.15. The molecule has 0 spiro atoms. The number of para-hydroxylation sites is 1. The van der Waals surface area contributed by atoms with E-state index >= 15 is 0 Å². The average Bonchev–Trinajstić information content (AvgIpc) is 3.06. The minimum Gasteiger partial charge on any atom is -0.478 e. The van der Waals surface area contributed by atoms with Crippen LogP contribution >= 0.6 is 0 Å². The number of anilines is 2. The average molecular weight is 402 g/mol. The number of pyridine rings is 1. The normalized spacial score (nSPS) is 15.6. The molecule has 0 bridgehead atoms. The van der Waals surface area contributed by atoms with Gasteiger partial charge >= 0.3 is 5.97 Å². The number of aromatic nitrogens is 1. The lowest BCUT2D eigenvalue weighted by atomic mass is 9.97. The molecule has 2 heterocycles. The van der Waals surface area contributed by atoms with E-state index in [4.69, 9.17) is 0 Å². The van der Waals surface area contributed by atoms with Gasteiger partial charge in [-0.05, 0) is 41.9 Å². The van der Waals surface area contributed by atoms with Gasteiger partial charge in [-0.15, -0.1) is 0 Å². The number of rotatable bonds is 6. The number of carboxylic acid groups (broad SMARTS) is 1. The summed E-state index contributed by atoms with van der Waals surface area (Å²) in [4.78, 5) is 19.9. The Labute approximate surface area is 176 Å². The number of nitrogens with one attached hydrogen (secondary N) is 1. The number of fused-ring (bicyclic) bond motifs is 1. The lowest BCUT2D eigenvalue weighted by molar-refractivity contribution is 0.0697. The molecular weight excluding hydrogens is 376 g/mol. The fraction of sp³-hybridized carbons (Fsp3) is 0.250. The first-order valence-electron chi connectivity index (χ1n) is 9.96. The maximum atomic E-state index is 11.4. The van der Waals surface area contributed by atoms with Crippen molar-refractivity contribution >= 4 is 17.3 Å². The number of aromatic carboxylic acids is 1. The summed E-state index contributed by atoms with van der Waals surface area (Å²) in [5.74, 6) is -0.954. The SMILES string of the molecule is CN(C)c1ccccc1-c1ccc2c(c1)CN(C)[C@@H]2CNc1cnccc1C(=O)O. The Morgan fingerprint density at radius 3 is 2.80 bits per heavy atom. The Bertz CT molecular complexity index is 1080. The highest BCUT2D eigenvalue weighted by atomic mass is 16.4. The van der Waals surface area contributed by atoms with Crippen LogP contribution < -0.4 is 10.2 Å². The number of nitrogens with zero attached hydrogens (tertiary/aromatic N) is 3. The first-order chi connectivity index (χ1) is 14.5. The van der Waals surface area contributed by atoms with Gasteiger partial charge in [0, 0.05) is 44.6 Å². The van der Waals surface area contributed by atoms with E-state index in [1.165, 1.54) is 40.2 Å². The molecule has 1 aromatic heterocycles. The summed E-state index contributed by atoms with van der Waals surface area (Å²) in [6.45, 7) is 1.47. The second kappa shape index (κ2) is 8.16. The van der Waals surface area contributed by atoms with E-state index in [-0.39, 0.29) is 11.6 Å². The highest BCUT2D eigenvalue weighted by molar-refractivity contribution is 5.93. The van der Waals surface area contributed by atoms with Gasteiger partial charge < -0.3 is 15.3 Å². The summed E-state index contributed by atoms with van der Waals surface area (Å²) in [6.07, 6.45) is 3.07. The second-order valence-corrected chi connectivity index (χ2v) is 7.86. The van der Waals surface area contributed by atoms with E-state index in [0.717, 1.165) is 6.54 Å². The number of likely N-dealkylation sites (N-methyl/N-ethyl adjacent to an activating group) is 1. The fourth-order valence-corrected chi connectivity index (χ4v) is 4.15. The Kier molecular flexibility index (Phi) is 5.42. The van der Waals surface area contributed by atoms with Crippen LogP contribution in [0.25, 0.3) is 11.1 Å². The summed E-state index contributed by atoms with van der Waals surface area (Å²) in [5, 5.41) is 12.7. The standard InChI is InChI=1S/C24H26N4O2/c1-27(2)22-7-5-4-6-18(22)16-8-9-19-17(12-16)15-28(3)23(19)14-26-21-13-25-11-10-20(21)24(29)30/h4-13,23,26H,14-15H2,1-3H3,(H,29,30)/t23-/m1/s1. The second-order valence-electron chi connectivity index (χ2n) is 7.86. The van der Waals surface area contributed by atoms with Crippen LogP contribution in [0, 0.1) is 0 Å². The maximum Gasteiger partial charge on any atom is 0.337 e. The van der Waals surface area contributed by atoms with E-state index in [1.54, 1.807) is 6.20 Å². The Morgan fingerprint density at radius 2 is 2.03 bits per heavy atom. The summed E-state index contributed by atoms with van der Waals surface area (Å²) in [6, 6.07) is 16.8. The largest absolute Gasteiger partial charge is 0.478 e. The van der Waals surface area contributed by atoms with Gasteiger partial charge in [0.25, 0.3) is 0 Å². The van der Waals surface area contributed by atoms with Gasteiger partial charge in [0.1, 0.15) is 0 Å². The predicted octanol–water partition coefficient (Wildman–Crippen LogP) is 4.11. The van der Waals surface area contributed by atoms with Crippen LogP contribution in [0.2, 0.25) is 0 Å². The molecule has 1 aliphatic rings. The van der Waals surface area contributed by atoms with Crippen LogP contribution in [0.1, 0.15) is 27.5 Å². The molecule has 1 atom stereocenters. The van der Waals surface area contributed by atoms with E-state index in [1.807, 2.05) is 0 Å². The summed E-state index contributed by atoms with van der Waals surface area (Å²) in [5.41, 5.74) is 6.98. The molecule has 6 nitrogen and oxygen atoms in total. The van der Waals surface area contributed by atoms with Crippen molar-refractivity contribution in [2.75, 3.05) is 37.9 Å². The zero-order chi connectivity index (χ0) is 21.3. The molecule has 0 unspecified atom stereocenters. The molecule has 3 aromatic rings. The van der Waals surface area contributed by atoms with Gasteiger partial charge in [-0.1, -0.05) is 30.3 Å². The molecule has 0 fully saturated rings. The van der Waals surface area contributed by atoms with Crippen molar-refractivity contribution in [2.24, 2.45) is 0 Å². The van der Waals surface area contributed by atoms with Crippen molar-refractivity contribution in [1.82, 2.24) is 9.88 Å². The van der Waals surface area contributed by atoms with Crippen LogP contribution in [-0.2, 0) is 6.54 Å². The highest BCUT2D eigenvalue weighted by Crippen LogP contribution is 2.37. The summed E-state index contributed by atoms with van der Waals surface area (Å²) in [7, 11) is 6.22. The first-order valence-corrected chi connectivity index (χ1v) is 9.96. The zero-order valence-corrected chi connectivity index (χ0v) is 17.5. The smallest absolute Gasteiger partial charge is 0.337 e. The van der Waals surface area contributed by atoms with E-state index in [9.17, 15) is 9.90 Å². The summed E-state index contributed by atoms with van der Waals surface area (Å²) >= 11 is 0. The monoisotopic (exact) mass is 402 g/mol. The van der Waals surface area contributed by atoms with Gasteiger partial charge in [0.2, 0.25) is 0 Å². The van der Waals surface area contributed by atoms with Crippen molar-refractivity contribution in [3.05, 3.63) is 77.6 Å². The van der Waals surface area contributed by atoms with Gasteiger partial charge in [0.05, 0.1) is 23.5 Å². The molecule has 0 radical (unpaired) electrons. The third-order valence-corrected chi connectivity index (χ3v) is 5.69.